The highest BCUT2D eigenvalue weighted by Gasteiger charge is 2.25. The van der Waals surface area contributed by atoms with Crippen LogP contribution in [0.2, 0.25) is 0 Å². The molecule has 0 bridgehead atoms. The van der Waals surface area contributed by atoms with Gasteiger partial charge in [-0.05, 0) is 17.7 Å². The zero-order valence-electron chi connectivity index (χ0n) is 8.23. The lowest BCUT2D eigenvalue weighted by molar-refractivity contribution is 0.0552. The van der Waals surface area contributed by atoms with Gasteiger partial charge >= 0.3 is 0 Å². The minimum Gasteiger partial charge on any atom is -0.497 e. The molecule has 4 nitrogen and oxygen atoms in total. The van der Waals surface area contributed by atoms with Crippen molar-refractivity contribution in [2.45, 2.75) is 5.60 Å². The third-order valence-electron chi connectivity index (χ3n) is 2.28. The number of hydrogen-bond donors (Lipinski definition) is 3. The molecule has 0 saturated heterocycles. The van der Waals surface area contributed by atoms with Gasteiger partial charge < -0.3 is 21.3 Å². The van der Waals surface area contributed by atoms with Crippen molar-refractivity contribution in [2.75, 3.05) is 20.2 Å². The third kappa shape index (κ3) is 2.04. The van der Waals surface area contributed by atoms with Gasteiger partial charge in [-0.25, -0.2) is 0 Å². The molecule has 1 rings (SSSR count). The Balaban J connectivity index is 3.04. The van der Waals surface area contributed by atoms with E-state index in [1.807, 2.05) is 0 Å². The zero-order chi connectivity index (χ0) is 10.6. The van der Waals surface area contributed by atoms with E-state index in [1.54, 1.807) is 31.4 Å². The molecule has 4 heteroatoms. The average molecular weight is 196 g/mol. The Morgan fingerprint density at radius 3 is 2.50 bits per heavy atom. The van der Waals surface area contributed by atoms with Crippen molar-refractivity contribution in [1.82, 2.24) is 0 Å². The lowest BCUT2D eigenvalue weighted by atomic mass is 9.94. The van der Waals surface area contributed by atoms with E-state index in [0.29, 0.717) is 11.3 Å². The van der Waals surface area contributed by atoms with Crippen molar-refractivity contribution in [3.63, 3.8) is 0 Å². The summed E-state index contributed by atoms with van der Waals surface area (Å²) >= 11 is 0. The highest BCUT2D eigenvalue weighted by molar-refractivity contribution is 5.32. The Bertz CT molecular complexity index is 298. The molecule has 0 amide bonds. The molecule has 0 saturated carbocycles. The summed E-state index contributed by atoms with van der Waals surface area (Å²) in [4.78, 5) is 0. The number of benzene rings is 1. The lowest BCUT2D eigenvalue weighted by Crippen LogP contribution is -2.41. The number of rotatable bonds is 4. The molecule has 0 unspecified atom stereocenters. The van der Waals surface area contributed by atoms with Crippen LogP contribution in [-0.2, 0) is 5.60 Å². The van der Waals surface area contributed by atoms with E-state index in [4.69, 9.17) is 16.2 Å². The molecule has 0 heterocycles. The molecule has 0 aromatic heterocycles. The molecule has 0 spiro atoms. The summed E-state index contributed by atoms with van der Waals surface area (Å²) in [5, 5.41) is 10.0. The van der Waals surface area contributed by atoms with Crippen LogP contribution in [0.15, 0.2) is 24.3 Å². The van der Waals surface area contributed by atoms with Gasteiger partial charge in [0.05, 0.1) is 7.11 Å². The second-order valence-corrected chi connectivity index (χ2v) is 3.17. The molecule has 0 fully saturated rings. The van der Waals surface area contributed by atoms with Gasteiger partial charge in [-0.15, -0.1) is 0 Å². The molecule has 0 aliphatic rings. The Hall–Kier alpha value is -1.10. The largest absolute Gasteiger partial charge is 0.497 e. The van der Waals surface area contributed by atoms with Crippen LogP contribution >= 0.6 is 0 Å². The van der Waals surface area contributed by atoms with E-state index in [0.717, 1.165) is 0 Å². The molecule has 5 N–H and O–H groups in total. The number of aliphatic hydroxyl groups is 1. The molecule has 0 aliphatic heterocycles. The van der Waals surface area contributed by atoms with E-state index >= 15 is 0 Å². The summed E-state index contributed by atoms with van der Waals surface area (Å²) in [5.41, 5.74) is 10.5. The highest BCUT2D eigenvalue weighted by atomic mass is 16.5. The zero-order valence-corrected chi connectivity index (χ0v) is 8.23. The van der Waals surface area contributed by atoms with Crippen LogP contribution in [0.25, 0.3) is 0 Å². The minimum absolute atomic E-state index is 0.0939. The third-order valence-corrected chi connectivity index (χ3v) is 2.28. The van der Waals surface area contributed by atoms with Gasteiger partial charge in [-0.3, -0.25) is 0 Å². The summed E-state index contributed by atoms with van der Waals surface area (Å²) < 4.78 is 5.05. The maximum atomic E-state index is 10.0. The van der Waals surface area contributed by atoms with Crippen molar-refractivity contribution >= 4 is 0 Å². The van der Waals surface area contributed by atoms with Gasteiger partial charge in [0, 0.05) is 13.1 Å². The number of hydrogen-bond acceptors (Lipinski definition) is 4. The SMILES string of the molecule is COc1cccc(C(O)(CN)CN)c1. The molecule has 14 heavy (non-hydrogen) atoms. The monoisotopic (exact) mass is 196 g/mol. The van der Waals surface area contributed by atoms with Crippen LogP contribution in [0.3, 0.4) is 0 Å². The normalized spacial score (nSPS) is 11.4. The minimum atomic E-state index is -1.16. The van der Waals surface area contributed by atoms with E-state index in [2.05, 4.69) is 0 Å². The molecular weight excluding hydrogens is 180 g/mol. The summed E-state index contributed by atoms with van der Waals surface area (Å²) in [6.07, 6.45) is 0. The molecule has 1 aromatic rings. The van der Waals surface area contributed by atoms with E-state index in [9.17, 15) is 5.11 Å². The van der Waals surface area contributed by atoms with Gasteiger partial charge in [-0.1, -0.05) is 12.1 Å². The average Bonchev–Trinajstić information content (AvgIpc) is 2.28. The molecular formula is C10H16N2O2. The van der Waals surface area contributed by atoms with Gasteiger partial charge in [0.15, 0.2) is 0 Å². The first kappa shape index (κ1) is 11.0. The summed E-state index contributed by atoms with van der Waals surface area (Å²) in [6, 6.07) is 7.11. The maximum absolute atomic E-state index is 10.0. The smallest absolute Gasteiger partial charge is 0.119 e. The van der Waals surface area contributed by atoms with Gasteiger partial charge in [0.1, 0.15) is 11.4 Å². The highest BCUT2D eigenvalue weighted by Crippen LogP contribution is 2.22. The number of ether oxygens (including phenoxy) is 1. The number of nitrogens with two attached hydrogens (primary N) is 2. The standard InChI is InChI=1S/C10H16N2O2/c1-14-9-4-2-3-8(5-9)10(13,6-11)7-12/h2-5,13H,6-7,11-12H2,1H3. The van der Waals surface area contributed by atoms with Gasteiger partial charge in [0.2, 0.25) is 0 Å². The topological polar surface area (TPSA) is 81.5 Å². The van der Waals surface area contributed by atoms with Crippen LogP contribution in [-0.4, -0.2) is 25.3 Å². The van der Waals surface area contributed by atoms with Crippen LogP contribution in [0.5, 0.6) is 5.75 Å². The second-order valence-electron chi connectivity index (χ2n) is 3.17. The van der Waals surface area contributed by atoms with Gasteiger partial charge in [-0.2, -0.15) is 0 Å². The van der Waals surface area contributed by atoms with Crippen molar-refractivity contribution in [3.8, 4) is 5.75 Å². The number of methoxy groups -OCH3 is 1. The molecule has 0 atom stereocenters. The first-order valence-corrected chi connectivity index (χ1v) is 4.43. The Labute approximate surface area is 83.5 Å². The van der Waals surface area contributed by atoms with Crippen LogP contribution in [0.1, 0.15) is 5.56 Å². The Morgan fingerprint density at radius 2 is 2.00 bits per heavy atom. The predicted octanol–water partition coefficient (Wildman–Crippen LogP) is -0.200. The van der Waals surface area contributed by atoms with Crippen molar-refractivity contribution < 1.29 is 9.84 Å². The summed E-state index contributed by atoms with van der Waals surface area (Å²) in [5.74, 6) is 0.683. The fraction of sp³-hybridized carbons (Fsp3) is 0.400. The molecule has 1 aromatic carbocycles. The van der Waals surface area contributed by atoms with Crippen LogP contribution in [0, 0.1) is 0 Å². The fourth-order valence-electron chi connectivity index (χ4n) is 1.23. The van der Waals surface area contributed by atoms with Crippen molar-refractivity contribution in [2.24, 2.45) is 11.5 Å². The quantitative estimate of drug-likeness (QED) is 0.623. The van der Waals surface area contributed by atoms with E-state index in [1.165, 1.54) is 0 Å². The predicted molar refractivity (Wildman–Crippen MR) is 55.0 cm³/mol. The summed E-state index contributed by atoms with van der Waals surface area (Å²) in [6.45, 7) is 0.188. The fourth-order valence-corrected chi connectivity index (χ4v) is 1.23. The summed E-state index contributed by atoms with van der Waals surface area (Å²) in [7, 11) is 1.57. The van der Waals surface area contributed by atoms with E-state index in [-0.39, 0.29) is 13.1 Å². The van der Waals surface area contributed by atoms with Crippen molar-refractivity contribution in [3.05, 3.63) is 29.8 Å². The van der Waals surface area contributed by atoms with Crippen molar-refractivity contribution in [1.29, 1.82) is 0 Å². The molecule has 0 aliphatic carbocycles. The lowest BCUT2D eigenvalue weighted by Gasteiger charge is -2.25. The Kier molecular flexibility index (Phi) is 3.46. The molecule has 0 radical (unpaired) electrons. The Morgan fingerprint density at radius 1 is 1.36 bits per heavy atom. The first-order chi connectivity index (χ1) is 6.66. The second kappa shape index (κ2) is 4.41. The van der Waals surface area contributed by atoms with Crippen LogP contribution < -0.4 is 16.2 Å². The maximum Gasteiger partial charge on any atom is 0.119 e. The van der Waals surface area contributed by atoms with Gasteiger partial charge in [0.25, 0.3) is 0 Å². The molecule has 78 valence electrons. The van der Waals surface area contributed by atoms with E-state index < -0.39 is 5.60 Å². The van der Waals surface area contributed by atoms with Crippen LogP contribution in [0.4, 0.5) is 0 Å². The first-order valence-electron chi connectivity index (χ1n) is 4.43.